The maximum absolute atomic E-state index is 11.7. The molecule has 0 heterocycles. The van der Waals surface area contributed by atoms with E-state index in [1.165, 1.54) is 6.26 Å². The van der Waals surface area contributed by atoms with Crippen molar-refractivity contribution in [2.75, 3.05) is 6.26 Å². The van der Waals surface area contributed by atoms with Crippen LogP contribution in [0.2, 0.25) is 5.02 Å². The SMILES string of the molecule is CCCCC(C)NCc1c(Cl)cccc1S(C)(=O)=O. The van der Waals surface area contributed by atoms with Gasteiger partial charge in [0.25, 0.3) is 0 Å². The molecule has 0 saturated carbocycles. The summed E-state index contributed by atoms with van der Waals surface area (Å²) in [5.41, 5.74) is 0.662. The third-order valence-corrected chi connectivity index (χ3v) is 4.63. The van der Waals surface area contributed by atoms with Crippen molar-refractivity contribution in [3.8, 4) is 0 Å². The molecule has 1 unspecified atom stereocenters. The Balaban J connectivity index is 2.83. The fraction of sp³-hybridized carbons (Fsp3) is 0.571. The van der Waals surface area contributed by atoms with Gasteiger partial charge in [-0.15, -0.1) is 0 Å². The Hall–Kier alpha value is -0.580. The molecule has 108 valence electrons. The zero-order valence-electron chi connectivity index (χ0n) is 11.7. The van der Waals surface area contributed by atoms with Gasteiger partial charge in [-0.2, -0.15) is 0 Å². The second-order valence-electron chi connectivity index (χ2n) is 4.91. The van der Waals surface area contributed by atoms with E-state index in [-0.39, 0.29) is 0 Å². The molecule has 0 radical (unpaired) electrons. The normalized spacial score (nSPS) is 13.5. The molecule has 0 saturated heterocycles. The lowest BCUT2D eigenvalue weighted by Gasteiger charge is -2.16. The van der Waals surface area contributed by atoms with Crippen molar-refractivity contribution >= 4 is 21.4 Å². The molecule has 3 nitrogen and oxygen atoms in total. The van der Waals surface area contributed by atoms with E-state index in [1.807, 2.05) is 0 Å². The monoisotopic (exact) mass is 303 g/mol. The van der Waals surface area contributed by atoms with Crippen LogP contribution in [0.3, 0.4) is 0 Å². The van der Waals surface area contributed by atoms with Crippen LogP contribution in [0.15, 0.2) is 23.1 Å². The molecular formula is C14H22ClNO2S. The molecule has 0 amide bonds. The number of halogens is 1. The van der Waals surface area contributed by atoms with Crippen LogP contribution in [0.5, 0.6) is 0 Å². The van der Waals surface area contributed by atoms with Crippen LogP contribution in [0, 0.1) is 0 Å². The van der Waals surface area contributed by atoms with Crippen molar-refractivity contribution in [1.29, 1.82) is 0 Å². The summed E-state index contributed by atoms with van der Waals surface area (Å²) in [4.78, 5) is 0.315. The van der Waals surface area contributed by atoms with Crippen molar-refractivity contribution in [2.45, 2.75) is 50.6 Å². The lowest BCUT2D eigenvalue weighted by atomic mass is 10.1. The molecule has 19 heavy (non-hydrogen) atoms. The summed E-state index contributed by atoms with van der Waals surface area (Å²) in [6.45, 7) is 4.74. The molecule has 5 heteroatoms. The molecule has 1 rings (SSSR count). The van der Waals surface area contributed by atoms with Gasteiger partial charge in [-0.05, 0) is 25.5 Å². The standard InChI is InChI=1S/C14H22ClNO2S/c1-4-5-7-11(2)16-10-12-13(15)8-6-9-14(12)19(3,17)18/h6,8-9,11,16H,4-5,7,10H2,1-3H3. The fourth-order valence-electron chi connectivity index (χ4n) is 1.95. The molecule has 0 bridgehead atoms. The highest BCUT2D eigenvalue weighted by Crippen LogP contribution is 2.24. The van der Waals surface area contributed by atoms with Gasteiger partial charge in [0.2, 0.25) is 0 Å². The first-order valence-electron chi connectivity index (χ1n) is 6.57. The van der Waals surface area contributed by atoms with Gasteiger partial charge >= 0.3 is 0 Å². The van der Waals surface area contributed by atoms with E-state index in [1.54, 1.807) is 18.2 Å². The van der Waals surface area contributed by atoms with Crippen LogP contribution in [-0.4, -0.2) is 20.7 Å². The first-order valence-corrected chi connectivity index (χ1v) is 8.84. The topological polar surface area (TPSA) is 46.2 Å². The van der Waals surface area contributed by atoms with Crippen LogP contribution >= 0.6 is 11.6 Å². The molecule has 1 atom stereocenters. The summed E-state index contributed by atoms with van der Waals surface area (Å²) >= 11 is 6.12. The second kappa shape index (κ2) is 7.27. The first kappa shape index (κ1) is 16.5. The summed E-state index contributed by atoms with van der Waals surface area (Å²) in [7, 11) is -3.25. The molecule has 0 aromatic heterocycles. The smallest absolute Gasteiger partial charge is 0.175 e. The molecule has 0 aliphatic rings. The zero-order chi connectivity index (χ0) is 14.5. The summed E-state index contributed by atoms with van der Waals surface area (Å²) < 4.78 is 23.5. The van der Waals surface area contributed by atoms with E-state index in [9.17, 15) is 8.42 Å². The Morgan fingerprint density at radius 1 is 1.37 bits per heavy atom. The van der Waals surface area contributed by atoms with Crippen molar-refractivity contribution in [3.63, 3.8) is 0 Å². The third kappa shape index (κ3) is 5.13. The van der Waals surface area contributed by atoms with Gasteiger partial charge in [0.1, 0.15) is 0 Å². The third-order valence-electron chi connectivity index (χ3n) is 3.09. The summed E-state index contributed by atoms with van der Waals surface area (Å²) in [6.07, 6.45) is 4.61. The van der Waals surface area contributed by atoms with E-state index in [0.29, 0.717) is 28.1 Å². The van der Waals surface area contributed by atoms with Gasteiger partial charge < -0.3 is 5.32 Å². The lowest BCUT2D eigenvalue weighted by molar-refractivity contribution is 0.492. The van der Waals surface area contributed by atoms with Gasteiger partial charge in [0, 0.05) is 29.4 Å². The maximum atomic E-state index is 11.7. The fourth-order valence-corrected chi connectivity index (χ4v) is 3.20. The number of benzene rings is 1. The van der Waals surface area contributed by atoms with Crippen LogP contribution in [0.25, 0.3) is 0 Å². The quantitative estimate of drug-likeness (QED) is 0.839. The molecule has 0 aliphatic heterocycles. The second-order valence-corrected chi connectivity index (χ2v) is 7.30. The number of rotatable bonds is 7. The van der Waals surface area contributed by atoms with Gasteiger partial charge in [0.05, 0.1) is 4.90 Å². The van der Waals surface area contributed by atoms with Gasteiger partial charge in [-0.1, -0.05) is 37.4 Å². The maximum Gasteiger partial charge on any atom is 0.175 e. The molecule has 0 aliphatic carbocycles. The van der Waals surface area contributed by atoms with E-state index < -0.39 is 9.84 Å². The van der Waals surface area contributed by atoms with Gasteiger partial charge in [-0.25, -0.2) is 8.42 Å². The minimum Gasteiger partial charge on any atom is -0.310 e. The van der Waals surface area contributed by atoms with Gasteiger partial charge in [0.15, 0.2) is 9.84 Å². The predicted molar refractivity (Wildman–Crippen MR) is 80.4 cm³/mol. The summed E-state index contributed by atoms with van der Waals surface area (Å²) in [5.74, 6) is 0. The van der Waals surface area contributed by atoms with Crippen molar-refractivity contribution in [2.24, 2.45) is 0 Å². The Morgan fingerprint density at radius 3 is 2.63 bits per heavy atom. The van der Waals surface area contributed by atoms with Crippen LogP contribution in [0.4, 0.5) is 0 Å². The highest BCUT2D eigenvalue weighted by molar-refractivity contribution is 7.90. The van der Waals surface area contributed by atoms with Crippen LogP contribution in [-0.2, 0) is 16.4 Å². The van der Waals surface area contributed by atoms with E-state index >= 15 is 0 Å². The predicted octanol–water partition coefficient (Wildman–Crippen LogP) is 3.41. The van der Waals surface area contributed by atoms with E-state index in [0.717, 1.165) is 19.3 Å². The van der Waals surface area contributed by atoms with Crippen molar-refractivity contribution < 1.29 is 8.42 Å². The number of unbranched alkanes of at least 4 members (excludes halogenated alkanes) is 1. The minimum absolute atomic E-state index is 0.315. The Labute approximate surface area is 121 Å². The molecule has 0 fully saturated rings. The number of hydrogen-bond acceptors (Lipinski definition) is 3. The minimum atomic E-state index is -3.25. The number of nitrogens with one attached hydrogen (secondary N) is 1. The average Bonchev–Trinajstić information content (AvgIpc) is 2.33. The molecule has 1 aromatic carbocycles. The molecular weight excluding hydrogens is 282 g/mol. The Kier molecular flexibility index (Phi) is 6.30. The Bertz CT molecular complexity index is 514. The molecule has 1 N–H and O–H groups in total. The Morgan fingerprint density at radius 2 is 2.05 bits per heavy atom. The lowest BCUT2D eigenvalue weighted by Crippen LogP contribution is -2.26. The largest absolute Gasteiger partial charge is 0.310 e. The number of hydrogen-bond donors (Lipinski definition) is 1. The van der Waals surface area contributed by atoms with E-state index in [2.05, 4.69) is 19.2 Å². The molecule has 0 spiro atoms. The molecule has 1 aromatic rings. The highest BCUT2D eigenvalue weighted by Gasteiger charge is 2.16. The first-order chi connectivity index (χ1) is 8.86. The van der Waals surface area contributed by atoms with Crippen molar-refractivity contribution in [1.82, 2.24) is 5.32 Å². The average molecular weight is 304 g/mol. The number of sulfone groups is 1. The van der Waals surface area contributed by atoms with Crippen LogP contribution < -0.4 is 5.32 Å². The van der Waals surface area contributed by atoms with E-state index in [4.69, 9.17) is 11.6 Å². The summed E-state index contributed by atoms with van der Waals surface area (Å²) in [6, 6.07) is 5.35. The summed E-state index contributed by atoms with van der Waals surface area (Å²) in [5, 5.41) is 3.84. The zero-order valence-corrected chi connectivity index (χ0v) is 13.3. The van der Waals surface area contributed by atoms with Crippen LogP contribution in [0.1, 0.15) is 38.7 Å². The van der Waals surface area contributed by atoms with Gasteiger partial charge in [-0.3, -0.25) is 0 Å². The highest BCUT2D eigenvalue weighted by atomic mass is 35.5. The van der Waals surface area contributed by atoms with Crippen molar-refractivity contribution in [3.05, 3.63) is 28.8 Å².